The Morgan fingerprint density at radius 1 is 0.935 bits per heavy atom. The lowest BCUT2D eigenvalue weighted by molar-refractivity contribution is -0.136. The molecule has 0 aliphatic heterocycles. The summed E-state index contributed by atoms with van der Waals surface area (Å²) >= 11 is 18.2. The molecule has 3 aromatic rings. The number of benzene rings is 2. The number of carbonyl (C=O) groups is 2. The number of halogens is 3. The number of aromatic nitrogens is 1. The van der Waals surface area contributed by atoms with Crippen LogP contribution >= 0.6 is 34.8 Å². The zero-order chi connectivity index (χ0) is 22.7. The number of amides is 2. The van der Waals surface area contributed by atoms with E-state index in [0.717, 1.165) is 28.2 Å². The van der Waals surface area contributed by atoms with Gasteiger partial charge in [0, 0.05) is 32.7 Å². The summed E-state index contributed by atoms with van der Waals surface area (Å²) in [5.41, 5.74) is 6.80. The van der Waals surface area contributed by atoms with Crippen molar-refractivity contribution in [3.8, 4) is 5.69 Å². The summed E-state index contributed by atoms with van der Waals surface area (Å²) in [7, 11) is 0. The molecule has 0 aliphatic rings. The van der Waals surface area contributed by atoms with Crippen LogP contribution in [0.1, 0.15) is 22.5 Å². The summed E-state index contributed by atoms with van der Waals surface area (Å²) in [6.07, 6.45) is 1.47. The standard InChI is InChI=1S/C22H19Cl3N4O2/c1-12-8-16(23)4-6-19(12)27-21(30)22(31)28-26-11-15-9-13(2)29(14(15)3)20-7-5-17(24)10-18(20)25/h4-11H,1-3H3,(H,27,30)(H,28,31)/b26-11-. The quantitative estimate of drug-likeness (QED) is 0.298. The maximum atomic E-state index is 12.1. The van der Waals surface area contributed by atoms with Crippen LogP contribution in [0.5, 0.6) is 0 Å². The van der Waals surface area contributed by atoms with E-state index in [0.29, 0.717) is 20.8 Å². The Bertz CT molecular complexity index is 1200. The number of nitrogens with zero attached hydrogens (tertiary/aromatic N) is 2. The van der Waals surface area contributed by atoms with Crippen LogP contribution in [0.25, 0.3) is 5.69 Å². The lowest BCUT2D eigenvalue weighted by atomic mass is 10.2. The molecular formula is C22H19Cl3N4O2. The van der Waals surface area contributed by atoms with E-state index in [1.165, 1.54) is 6.21 Å². The minimum Gasteiger partial charge on any atom is -0.317 e. The van der Waals surface area contributed by atoms with Gasteiger partial charge in [-0.05, 0) is 68.8 Å². The van der Waals surface area contributed by atoms with Crippen LogP contribution < -0.4 is 10.7 Å². The SMILES string of the molecule is Cc1cc(Cl)ccc1NC(=O)C(=O)N/N=C\c1cc(C)n(-c2ccc(Cl)cc2Cl)c1C. The molecule has 0 atom stereocenters. The van der Waals surface area contributed by atoms with Crippen molar-refractivity contribution >= 4 is 58.5 Å². The normalized spacial score (nSPS) is 11.0. The Morgan fingerprint density at radius 3 is 2.29 bits per heavy atom. The summed E-state index contributed by atoms with van der Waals surface area (Å²) in [5.74, 6) is -1.72. The molecule has 0 fully saturated rings. The minimum atomic E-state index is -0.889. The average molecular weight is 478 g/mol. The van der Waals surface area contributed by atoms with Crippen LogP contribution in [0.4, 0.5) is 5.69 Å². The van der Waals surface area contributed by atoms with Crippen molar-refractivity contribution in [2.75, 3.05) is 5.32 Å². The van der Waals surface area contributed by atoms with Crippen molar-refractivity contribution in [1.82, 2.24) is 9.99 Å². The van der Waals surface area contributed by atoms with E-state index >= 15 is 0 Å². The molecule has 0 aliphatic carbocycles. The molecule has 1 aromatic heterocycles. The monoisotopic (exact) mass is 476 g/mol. The van der Waals surface area contributed by atoms with E-state index in [1.54, 1.807) is 37.3 Å². The Hall–Kier alpha value is -2.80. The van der Waals surface area contributed by atoms with Crippen LogP contribution in [0, 0.1) is 20.8 Å². The third kappa shape index (κ3) is 5.28. The molecule has 0 radical (unpaired) electrons. The van der Waals surface area contributed by atoms with Gasteiger partial charge in [-0.2, -0.15) is 5.10 Å². The third-order valence-electron chi connectivity index (χ3n) is 4.63. The van der Waals surface area contributed by atoms with Crippen LogP contribution in [-0.2, 0) is 9.59 Å². The van der Waals surface area contributed by atoms with Gasteiger partial charge in [0.1, 0.15) is 0 Å². The van der Waals surface area contributed by atoms with E-state index < -0.39 is 11.8 Å². The predicted octanol–water partition coefficient (Wildman–Crippen LogP) is 5.45. The second-order valence-corrected chi connectivity index (χ2v) is 8.15. The van der Waals surface area contributed by atoms with Crippen LogP contribution in [-0.4, -0.2) is 22.6 Å². The fourth-order valence-corrected chi connectivity index (χ4v) is 3.83. The van der Waals surface area contributed by atoms with Gasteiger partial charge in [0.15, 0.2) is 0 Å². The maximum Gasteiger partial charge on any atom is 0.329 e. The van der Waals surface area contributed by atoms with Crippen molar-refractivity contribution in [3.05, 3.63) is 80.0 Å². The molecule has 0 unspecified atom stereocenters. The van der Waals surface area contributed by atoms with Crippen LogP contribution in [0.3, 0.4) is 0 Å². The second-order valence-electron chi connectivity index (χ2n) is 6.87. The van der Waals surface area contributed by atoms with Crippen molar-refractivity contribution in [1.29, 1.82) is 0 Å². The summed E-state index contributed by atoms with van der Waals surface area (Å²) in [5, 5.41) is 8.05. The number of anilines is 1. The zero-order valence-corrected chi connectivity index (χ0v) is 19.2. The minimum absolute atomic E-state index is 0.497. The third-order valence-corrected chi connectivity index (χ3v) is 5.41. The number of nitrogens with one attached hydrogen (secondary N) is 2. The van der Waals surface area contributed by atoms with Gasteiger partial charge >= 0.3 is 11.8 Å². The fraction of sp³-hybridized carbons (Fsp3) is 0.136. The summed E-state index contributed by atoms with van der Waals surface area (Å²) in [6.45, 7) is 5.60. The summed E-state index contributed by atoms with van der Waals surface area (Å²) in [4.78, 5) is 24.2. The first-order chi connectivity index (χ1) is 14.7. The van der Waals surface area contributed by atoms with Gasteiger partial charge in [-0.1, -0.05) is 34.8 Å². The van der Waals surface area contributed by atoms with Crippen LogP contribution in [0.15, 0.2) is 47.6 Å². The first kappa shape index (κ1) is 22.9. The lowest BCUT2D eigenvalue weighted by Gasteiger charge is -2.11. The largest absolute Gasteiger partial charge is 0.329 e. The highest BCUT2D eigenvalue weighted by Crippen LogP contribution is 2.28. The zero-order valence-electron chi connectivity index (χ0n) is 17.0. The van der Waals surface area contributed by atoms with Gasteiger partial charge in [0.2, 0.25) is 0 Å². The summed E-state index contributed by atoms with van der Waals surface area (Å²) in [6, 6.07) is 12.1. The molecule has 3 rings (SSSR count). The van der Waals surface area contributed by atoms with E-state index in [1.807, 2.05) is 30.5 Å². The van der Waals surface area contributed by atoms with E-state index in [9.17, 15) is 9.59 Å². The van der Waals surface area contributed by atoms with E-state index in [2.05, 4.69) is 15.8 Å². The smallest absolute Gasteiger partial charge is 0.317 e. The highest BCUT2D eigenvalue weighted by Gasteiger charge is 2.15. The summed E-state index contributed by atoms with van der Waals surface area (Å²) < 4.78 is 1.96. The fourth-order valence-electron chi connectivity index (χ4n) is 3.11. The number of hydrazone groups is 1. The molecule has 0 saturated heterocycles. The Labute approximate surface area is 194 Å². The van der Waals surface area contributed by atoms with E-state index in [4.69, 9.17) is 34.8 Å². The van der Waals surface area contributed by atoms with Crippen molar-refractivity contribution < 1.29 is 9.59 Å². The molecule has 31 heavy (non-hydrogen) atoms. The van der Waals surface area contributed by atoms with Crippen molar-refractivity contribution in [3.63, 3.8) is 0 Å². The number of aryl methyl sites for hydroxylation is 2. The molecule has 160 valence electrons. The van der Waals surface area contributed by atoms with E-state index in [-0.39, 0.29) is 0 Å². The Morgan fingerprint density at radius 2 is 1.61 bits per heavy atom. The molecular weight excluding hydrogens is 459 g/mol. The Kier molecular flexibility index (Phi) is 7.05. The molecule has 1 heterocycles. The van der Waals surface area contributed by atoms with Gasteiger partial charge in [0.25, 0.3) is 0 Å². The molecule has 2 amide bonds. The van der Waals surface area contributed by atoms with Gasteiger partial charge in [0.05, 0.1) is 16.9 Å². The molecule has 2 aromatic carbocycles. The lowest BCUT2D eigenvalue weighted by Crippen LogP contribution is -2.32. The molecule has 2 N–H and O–H groups in total. The first-order valence-electron chi connectivity index (χ1n) is 9.22. The molecule has 6 nitrogen and oxygen atoms in total. The van der Waals surface area contributed by atoms with Gasteiger partial charge in [-0.25, -0.2) is 5.43 Å². The van der Waals surface area contributed by atoms with Crippen molar-refractivity contribution in [2.45, 2.75) is 20.8 Å². The van der Waals surface area contributed by atoms with Gasteiger partial charge < -0.3 is 9.88 Å². The number of hydrogen-bond acceptors (Lipinski definition) is 3. The predicted molar refractivity (Wildman–Crippen MR) is 126 cm³/mol. The topological polar surface area (TPSA) is 75.5 Å². The number of rotatable bonds is 4. The Balaban J connectivity index is 1.71. The van der Waals surface area contributed by atoms with Crippen LogP contribution in [0.2, 0.25) is 15.1 Å². The molecule has 0 bridgehead atoms. The van der Waals surface area contributed by atoms with Crippen molar-refractivity contribution in [2.24, 2.45) is 5.10 Å². The molecule has 0 saturated carbocycles. The second kappa shape index (κ2) is 9.56. The van der Waals surface area contributed by atoms with Gasteiger partial charge in [-0.3, -0.25) is 9.59 Å². The number of carbonyl (C=O) groups excluding carboxylic acids is 2. The highest BCUT2D eigenvalue weighted by atomic mass is 35.5. The first-order valence-corrected chi connectivity index (χ1v) is 10.4. The molecule has 0 spiro atoms. The highest BCUT2D eigenvalue weighted by molar-refractivity contribution is 6.39. The van der Waals surface area contributed by atoms with Gasteiger partial charge in [-0.15, -0.1) is 0 Å². The molecule has 9 heteroatoms. The maximum absolute atomic E-state index is 12.1. The average Bonchev–Trinajstić information content (AvgIpc) is 2.97. The number of hydrogen-bond donors (Lipinski definition) is 2.